The van der Waals surface area contributed by atoms with E-state index in [1.807, 2.05) is 19.1 Å². The maximum atomic E-state index is 6.29. The van der Waals surface area contributed by atoms with Gasteiger partial charge < -0.3 is 15.4 Å². The van der Waals surface area contributed by atoms with Gasteiger partial charge in [-0.15, -0.1) is 0 Å². The van der Waals surface area contributed by atoms with Gasteiger partial charge in [0.25, 0.3) is 0 Å². The van der Waals surface area contributed by atoms with Crippen molar-refractivity contribution in [2.75, 3.05) is 20.2 Å². The van der Waals surface area contributed by atoms with Crippen molar-refractivity contribution in [2.24, 2.45) is 5.73 Å². The molecule has 1 aromatic carbocycles. The first kappa shape index (κ1) is 16.6. The summed E-state index contributed by atoms with van der Waals surface area (Å²) in [6, 6.07) is 6.64. The Morgan fingerprint density at radius 1 is 1.43 bits per heavy atom. The van der Waals surface area contributed by atoms with E-state index in [0.717, 1.165) is 24.2 Å². The average molecular weight is 311 g/mol. The Morgan fingerprint density at radius 3 is 2.95 bits per heavy atom. The fourth-order valence-corrected chi connectivity index (χ4v) is 3.28. The zero-order valence-corrected chi connectivity index (χ0v) is 13.9. The number of benzene rings is 1. The number of hydrogen-bond acceptors (Lipinski definition) is 3. The van der Waals surface area contributed by atoms with Crippen molar-refractivity contribution < 1.29 is 4.74 Å². The molecule has 0 radical (unpaired) electrons. The Hall–Kier alpha value is -0.770. The van der Waals surface area contributed by atoms with Crippen LogP contribution in [-0.2, 0) is 6.42 Å². The van der Waals surface area contributed by atoms with Crippen molar-refractivity contribution in [3.8, 4) is 5.75 Å². The summed E-state index contributed by atoms with van der Waals surface area (Å²) in [6.45, 7) is 3.92. The van der Waals surface area contributed by atoms with Crippen molar-refractivity contribution in [1.82, 2.24) is 4.90 Å². The van der Waals surface area contributed by atoms with Crippen LogP contribution >= 0.6 is 11.6 Å². The second kappa shape index (κ2) is 8.02. The summed E-state index contributed by atoms with van der Waals surface area (Å²) < 4.78 is 6.01. The smallest absolute Gasteiger partial charge is 0.141 e. The highest BCUT2D eigenvalue weighted by atomic mass is 35.5. The minimum Gasteiger partial charge on any atom is -0.492 e. The first-order valence-corrected chi connectivity index (χ1v) is 8.31. The lowest BCUT2D eigenvalue weighted by atomic mass is 10.0. The molecule has 0 saturated carbocycles. The summed E-state index contributed by atoms with van der Waals surface area (Å²) in [5.41, 5.74) is 7.01. The molecule has 3 nitrogen and oxygen atoms in total. The van der Waals surface area contributed by atoms with Gasteiger partial charge in [0.1, 0.15) is 5.75 Å². The van der Waals surface area contributed by atoms with Crippen LogP contribution in [0.1, 0.15) is 38.2 Å². The third kappa shape index (κ3) is 4.87. The molecule has 2 N–H and O–H groups in total. The Bertz CT molecular complexity index is 450. The third-order valence-electron chi connectivity index (χ3n) is 4.21. The fraction of sp³-hybridized carbons (Fsp3) is 0.647. The SMILES string of the molecule is CC(N)Cc1cccc(Cl)c1OCCC1CCCCN1C. The molecular formula is C17H27ClN2O. The first-order chi connectivity index (χ1) is 10.1. The molecule has 0 aromatic heterocycles. The van der Waals surface area contributed by atoms with Crippen LogP contribution in [0.5, 0.6) is 5.75 Å². The van der Waals surface area contributed by atoms with Gasteiger partial charge in [0.2, 0.25) is 0 Å². The van der Waals surface area contributed by atoms with Gasteiger partial charge in [-0.05, 0) is 57.8 Å². The zero-order chi connectivity index (χ0) is 15.2. The van der Waals surface area contributed by atoms with Gasteiger partial charge in [0.05, 0.1) is 11.6 Å². The van der Waals surface area contributed by atoms with Crippen LogP contribution in [0.4, 0.5) is 0 Å². The van der Waals surface area contributed by atoms with Gasteiger partial charge in [0, 0.05) is 12.1 Å². The summed E-state index contributed by atoms with van der Waals surface area (Å²) in [4.78, 5) is 2.45. The van der Waals surface area contributed by atoms with Crippen LogP contribution in [-0.4, -0.2) is 37.2 Å². The van der Waals surface area contributed by atoms with Crippen molar-refractivity contribution in [3.63, 3.8) is 0 Å². The maximum Gasteiger partial charge on any atom is 0.141 e. The van der Waals surface area contributed by atoms with Crippen molar-refractivity contribution in [2.45, 2.75) is 51.1 Å². The van der Waals surface area contributed by atoms with E-state index in [1.165, 1.54) is 25.8 Å². The number of rotatable bonds is 6. The molecule has 0 bridgehead atoms. The summed E-state index contributed by atoms with van der Waals surface area (Å²) in [5, 5.41) is 0.685. The van der Waals surface area contributed by atoms with E-state index in [4.69, 9.17) is 22.1 Å². The Morgan fingerprint density at radius 2 is 2.24 bits per heavy atom. The monoisotopic (exact) mass is 310 g/mol. The molecule has 2 unspecified atom stereocenters. The maximum absolute atomic E-state index is 6.29. The number of para-hydroxylation sites is 1. The first-order valence-electron chi connectivity index (χ1n) is 7.94. The molecule has 1 saturated heterocycles. The summed E-state index contributed by atoms with van der Waals surface area (Å²) in [5.74, 6) is 0.815. The molecule has 4 heteroatoms. The zero-order valence-electron chi connectivity index (χ0n) is 13.1. The lowest BCUT2D eigenvalue weighted by Crippen LogP contribution is -2.37. The molecule has 0 aliphatic carbocycles. The van der Waals surface area contributed by atoms with Gasteiger partial charge in [-0.25, -0.2) is 0 Å². The van der Waals surface area contributed by atoms with Crippen LogP contribution in [0.3, 0.4) is 0 Å². The number of nitrogens with zero attached hydrogens (tertiary/aromatic N) is 1. The predicted octanol–water partition coefficient (Wildman–Crippen LogP) is 3.48. The van der Waals surface area contributed by atoms with Crippen molar-refractivity contribution in [3.05, 3.63) is 28.8 Å². The van der Waals surface area contributed by atoms with E-state index in [1.54, 1.807) is 0 Å². The predicted molar refractivity (Wildman–Crippen MR) is 89.2 cm³/mol. The molecule has 2 atom stereocenters. The highest BCUT2D eigenvalue weighted by molar-refractivity contribution is 6.32. The van der Waals surface area contributed by atoms with Crippen molar-refractivity contribution >= 4 is 11.6 Å². The summed E-state index contributed by atoms with van der Waals surface area (Å²) in [7, 11) is 2.21. The highest BCUT2D eigenvalue weighted by Crippen LogP contribution is 2.30. The molecule has 1 aliphatic rings. The largest absolute Gasteiger partial charge is 0.492 e. The molecular weight excluding hydrogens is 284 g/mol. The lowest BCUT2D eigenvalue weighted by Gasteiger charge is -2.32. The number of likely N-dealkylation sites (tertiary alicyclic amines) is 1. The van der Waals surface area contributed by atoms with Gasteiger partial charge >= 0.3 is 0 Å². The number of hydrogen-bond donors (Lipinski definition) is 1. The minimum absolute atomic E-state index is 0.107. The average Bonchev–Trinajstić information content (AvgIpc) is 2.43. The second-order valence-electron chi connectivity index (χ2n) is 6.18. The van der Waals surface area contributed by atoms with E-state index < -0.39 is 0 Å². The molecule has 1 aromatic rings. The van der Waals surface area contributed by atoms with Crippen LogP contribution in [0, 0.1) is 0 Å². The Balaban J connectivity index is 1.93. The van der Waals surface area contributed by atoms with Crippen LogP contribution < -0.4 is 10.5 Å². The quantitative estimate of drug-likeness (QED) is 0.874. The lowest BCUT2D eigenvalue weighted by molar-refractivity contribution is 0.153. The highest BCUT2D eigenvalue weighted by Gasteiger charge is 2.19. The van der Waals surface area contributed by atoms with Gasteiger partial charge in [-0.1, -0.05) is 30.2 Å². The standard InChI is InChI=1S/C17H27ClN2O/c1-13(19)12-14-6-5-8-16(18)17(14)21-11-9-15-7-3-4-10-20(15)2/h5-6,8,13,15H,3-4,7,9-12,19H2,1-2H3. The molecule has 2 rings (SSSR count). The van der Waals surface area contributed by atoms with E-state index >= 15 is 0 Å². The minimum atomic E-state index is 0.107. The molecule has 1 heterocycles. The fourth-order valence-electron chi connectivity index (χ4n) is 3.03. The van der Waals surface area contributed by atoms with Gasteiger partial charge in [-0.2, -0.15) is 0 Å². The topological polar surface area (TPSA) is 38.5 Å². The normalized spacial score (nSPS) is 21.2. The summed E-state index contributed by atoms with van der Waals surface area (Å²) in [6.07, 6.45) is 5.77. The van der Waals surface area contributed by atoms with E-state index in [2.05, 4.69) is 18.0 Å². The molecule has 0 spiro atoms. The van der Waals surface area contributed by atoms with E-state index in [9.17, 15) is 0 Å². The molecule has 118 valence electrons. The number of piperidine rings is 1. The molecule has 0 amide bonds. The number of ether oxygens (including phenoxy) is 1. The Labute approximate surface area is 133 Å². The summed E-state index contributed by atoms with van der Waals surface area (Å²) >= 11 is 6.29. The van der Waals surface area contributed by atoms with Gasteiger partial charge in [-0.3, -0.25) is 0 Å². The van der Waals surface area contributed by atoms with Gasteiger partial charge in [0.15, 0.2) is 0 Å². The number of halogens is 1. The van der Waals surface area contributed by atoms with Crippen LogP contribution in [0.25, 0.3) is 0 Å². The van der Waals surface area contributed by atoms with E-state index in [-0.39, 0.29) is 6.04 Å². The van der Waals surface area contributed by atoms with Crippen LogP contribution in [0.15, 0.2) is 18.2 Å². The number of nitrogens with two attached hydrogens (primary N) is 1. The molecule has 21 heavy (non-hydrogen) atoms. The molecule has 1 fully saturated rings. The van der Waals surface area contributed by atoms with E-state index in [0.29, 0.717) is 17.7 Å². The van der Waals surface area contributed by atoms with Crippen molar-refractivity contribution in [1.29, 1.82) is 0 Å². The Kier molecular flexibility index (Phi) is 6.34. The van der Waals surface area contributed by atoms with Crippen LogP contribution in [0.2, 0.25) is 5.02 Å². The second-order valence-corrected chi connectivity index (χ2v) is 6.58. The molecule has 1 aliphatic heterocycles. The third-order valence-corrected chi connectivity index (χ3v) is 4.51.